The van der Waals surface area contributed by atoms with E-state index in [-0.39, 0.29) is 20.7 Å². The number of halogens is 1. The lowest BCUT2D eigenvalue weighted by atomic mass is 10.0. The van der Waals surface area contributed by atoms with E-state index in [0.29, 0.717) is 18.1 Å². The number of amides is 1. The molecule has 0 bridgehead atoms. The summed E-state index contributed by atoms with van der Waals surface area (Å²) in [6.07, 6.45) is 0. The Labute approximate surface area is 202 Å². The molecule has 0 fully saturated rings. The summed E-state index contributed by atoms with van der Waals surface area (Å²) in [6, 6.07) is 3.33. The van der Waals surface area contributed by atoms with Crippen LogP contribution in [0, 0.1) is 27.7 Å². The lowest BCUT2D eigenvalue weighted by Gasteiger charge is -2.21. The summed E-state index contributed by atoms with van der Waals surface area (Å²) >= 11 is 7.05. The molecule has 3 aromatic rings. The molecule has 0 spiro atoms. The van der Waals surface area contributed by atoms with Gasteiger partial charge in [0.05, 0.1) is 6.67 Å². The van der Waals surface area contributed by atoms with Crippen LogP contribution in [0.2, 0.25) is 5.02 Å². The number of thiophene rings is 1. The number of carbonyl (C=O) groups excluding carboxylic acids is 1. The van der Waals surface area contributed by atoms with E-state index in [1.807, 2.05) is 45.8 Å². The summed E-state index contributed by atoms with van der Waals surface area (Å²) in [6.45, 7) is 8.01. The van der Waals surface area contributed by atoms with Gasteiger partial charge in [-0.3, -0.25) is 9.69 Å². The van der Waals surface area contributed by atoms with Gasteiger partial charge in [-0.2, -0.15) is 0 Å². The minimum absolute atomic E-state index is 0.0389. The van der Waals surface area contributed by atoms with Gasteiger partial charge in [0, 0.05) is 11.4 Å². The van der Waals surface area contributed by atoms with Crippen molar-refractivity contribution in [1.82, 2.24) is 10.1 Å². The molecule has 0 unspecified atom stereocenters. The van der Waals surface area contributed by atoms with Gasteiger partial charge in [0.2, 0.25) is 0 Å². The van der Waals surface area contributed by atoms with Crippen molar-refractivity contribution in [1.29, 1.82) is 0 Å². The van der Waals surface area contributed by atoms with E-state index in [9.17, 15) is 13.2 Å². The van der Waals surface area contributed by atoms with E-state index in [1.165, 1.54) is 11.4 Å². The maximum Gasteiger partial charge on any atom is 0.267 e. The van der Waals surface area contributed by atoms with Crippen LogP contribution in [0.3, 0.4) is 0 Å². The molecule has 3 rings (SSSR count). The third-order valence-electron chi connectivity index (χ3n) is 4.93. The van der Waals surface area contributed by atoms with Gasteiger partial charge in [-0.1, -0.05) is 22.8 Å². The van der Waals surface area contributed by atoms with Gasteiger partial charge in [0.15, 0.2) is 0 Å². The minimum atomic E-state index is -4.14. The van der Waals surface area contributed by atoms with Crippen LogP contribution in [0.4, 0.5) is 17.3 Å². The van der Waals surface area contributed by atoms with Crippen molar-refractivity contribution in [3.63, 3.8) is 0 Å². The quantitative estimate of drug-likeness (QED) is 0.378. The summed E-state index contributed by atoms with van der Waals surface area (Å²) in [7, 11) is -0.231. The Bertz CT molecular complexity index is 1300. The van der Waals surface area contributed by atoms with Crippen LogP contribution in [0.25, 0.3) is 0 Å². The van der Waals surface area contributed by atoms with E-state index in [2.05, 4.69) is 20.5 Å². The first-order chi connectivity index (χ1) is 15.4. The first-order valence-corrected chi connectivity index (χ1v) is 12.7. The van der Waals surface area contributed by atoms with Crippen LogP contribution < -0.4 is 15.4 Å². The van der Waals surface area contributed by atoms with Crippen molar-refractivity contribution in [3.05, 3.63) is 49.8 Å². The predicted molar refractivity (Wildman–Crippen MR) is 132 cm³/mol. The van der Waals surface area contributed by atoms with E-state index in [4.69, 9.17) is 16.1 Å². The largest absolute Gasteiger partial charge is 0.372 e. The summed E-state index contributed by atoms with van der Waals surface area (Å²) in [4.78, 5) is 15.0. The lowest BCUT2D eigenvalue weighted by molar-refractivity contribution is 0.102. The zero-order chi connectivity index (χ0) is 24.5. The zero-order valence-corrected chi connectivity index (χ0v) is 21.5. The third-order valence-corrected chi connectivity index (χ3v) is 7.79. The molecule has 2 heterocycles. The normalized spacial score (nSPS) is 11.6. The number of hydrogen-bond acceptors (Lipinski definition) is 8. The molecule has 2 aromatic heterocycles. The average Bonchev–Trinajstić information content (AvgIpc) is 3.34. The van der Waals surface area contributed by atoms with Crippen molar-refractivity contribution in [2.75, 3.05) is 36.1 Å². The molecular formula is C21H26ClN5O4S2. The standard InChI is InChI=1S/C21H26ClN5O4S2/c1-11-9-12(2)18(13(3)17(11)23-10-27(5)6)24-20(28)19-15(7-8-32-19)33(29,30)26-21-16(22)14(4)25-31-21/h7-9,23,26H,10H2,1-6H3,(H,24,28). The van der Waals surface area contributed by atoms with Gasteiger partial charge < -0.3 is 15.2 Å². The number of benzene rings is 1. The van der Waals surface area contributed by atoms with Crippen molar-refractivity contribution < 1.29 is 17.7 Å². The Morgan fingerprint density at radius 1 is 1.18 bits per heavy atom. The van der Waals surface area contributed by atoms with E-state index in [0.717, 1.165) is 33.7 Å². The molecule has 1 aromatic carbocycles. The Kier molecular flexibility index (Phi) is 7.37. The number of carbonyl (C=O) groups is 1. The SMILES string of the molecule is Cc1cc(C)c(NC(=O)c2sccc2S(=O)(=O)Nc2onc(C)c2Cl)c(C)c1NCN(C)C. The molecule has 0 saturated heterocycles. The fourth-order valence-electron chi connectivity index (χ4n) is 3.33. The van der Waals surface area contributed by atoms with Crippen LogP contribution in [0.5, 0.6) is 0 Å². The Morgan fingerprint density at radius 3 is 2.45 bits per heavy atom. The van der Waals surface area contributed by atoms with E-state index in [1.54, 1.807) is 6.92 Å². The van der Waals surface area contributed by atoms with Gasteiger partial charge in [-0.25, -0.2) is 13.1 Å². The molecule has 3 N–H and O–H groups in total. The molecule has 178 valence electrons. The number of anilines is 3. The molecule has 0 radical (unpaired) electrons. The summed E-state index contributed by atoms with van der Waals surface area (Å²) in [5.74, 6) is -0.729. The number of rotatable bonds is 8. The summed E-state index contributed by atoms with van der Waals surface area (Å²) < 4.78 is 33.1. The molecule has 9 nitrogen and oxygen atoms in total. The number of sulfonamides is 1. The molecule has 0 aliphatic rings. The fraction of sp³-hybridized carbons (Fsp3) is 0.333. The second kappa shape index (κ2) is 9.72. The molecule has 0 atom stereocenters. The van der Waals surface area contributed by atoms with Crippen molar-refractivity contribution in [2.24, 2.45) is 0 Å². The van der Waals surface area contributed by atoms with Crippen molar-refractivity contribution in [2.45, 2.75) is 32.6 Å². The molecule has 0 saturated carbocycles. The lowest BCUT2D eigenvalue weighted by Crippen LogP contribution is -2.22. The highest BCUT2D eigenvalue weighted by Crippen LogP contribution is 2.33. The molecule has 0 aliphatic heterocycles. The van der Waals surface area contributed by atoms with Gasteiger partial charge in [-0.15, -0.1) is 11.3 Å². The first kappa shape index (κ1) is 25.0. The molecule has 12 heteroatoms. The molecule has 33 heavy (non-hydrogen) atoms. The van der Waals surface area contributed by atoms with Gasteiger partial charge in [0.1, 0.15) is 20.5 Å². The Morgan fingerprint density at radius 2 is 1.85 bits per heavy atom. The van der Waals surface area contributed by atoms with E-state index < -0.39 is 15.9 Å². The smallest absolute Gasteiger partial charge is 0.267 e. The van der Waals surface area contributed by atoms with Crippen LogP contribution in [0.15, 0.2) is 26.9 Å². The monoisotopic (exact) mass is 511 g/mol. The first-order valence-electron chi connectivity index (χ1n) is 9.95. The van der Waals surface area contributed by atoms with Crippen molar-refractivity contribution in [3.8, 4) is 0 Å². The van der Waals surface area contributed by atoms with Crippen LogP contribution in [0.1, 0.15) is 32.1 Å². The topological polar surface area (TPSA) is 117 Å². The zero-order valence-electron chi connectivity index (χ0n) is 19.2. The second-order valence-corrected chi connectivity index (χ2v) is 10.8. The third kappa shape index (κ3) is 5.32. The summed E-state index contributed by atoms with van der Waals surface area (Å²) in [5, 5.41) is 11.5. The molecular weight excluding hydrogens is 486 g/mol. The number of hydrogen-bond donors (Lipinski definition) is 3. The number of nitrogens with zero attached hydrogens (tertiary/aromatic N) is 2. The maximum absolute atomic E-state index is 13.1. The number of aryl methyl sites for hydroxylation is 3. The van der Waals surface area contributed by atoms with Crippen LogP contribution >= 0.6 is 22.9 Å². The highest BCUT2D eigenvalue weighted by atomic mass is 35.5. The Balaban J connectivity index is 1.91. The van der Waals surface area contributed by atoms with Gasteiger partial charge in [0.25, 0.3) is 21.8 Å². The predicted octanol–water partition coefficient (Wildman–Crippen LogP) is 4.61. The summed E-state index contributed by atoms with van der Waals surface area (Å²) in [5.41, 5.74) is 4.68. The number of nitrogens with one attached hydrogen (secondary N) is 3. The van der Waals surface area contributed by atoms with Crippen LogP contribution in [-0.4, -0.2) is 45.1 Å². The molecule has 1 amide bonds. The van der Waals surface area contributed by atoms with Crippen LogP contribution in [-0.2, 0) is 10.0 Å². The number of aromatic nitrogens is 1. The van der Waals surface area contributed by atoms with E-state index >= 15 is 0 Å². The highest BCUT2D eigenvalue weighted by Gasteiger charge is 2.27. The second-order valence-electron chi connectivity index (χ2n) is 7.88. The van der Waals surface area contributed by atoms with Gasteiger partial charge in [-0.05, 0) is 69.9 Å². The van der Waals surface area contributed by atoms with Crippen molar-refractivity contribution >= 4 is 56.1 Å². The Hall–Kier alpha value is -2.60. The van der Waals surface area contributed by atoms with Gasteiger partial charge >= 0.3 is 0 Å². The average molecular weight is 512 g/mol. The minimum Gasteiger partial charge on any atom is -0.372 e. The highest BCUT2D eigenvalue weighted by molar-refractivity contribution is 7.93. The molecule has 0 aliphatic carbocycles. The maximum atomic E-state index is 13.1. The fourth-order valence-corrected chi connectivity index (χ4v) is 5.82.